The average molecular weight is 163 g/mol. The Balaban J connectivity index is 2.89. The standard InChI is InChI=1S/C10H13NO/c1-8-5-3-4-6-10(9(2)12)11-7-8/h4-5,7,9,12H,3H2,1-2H3. The van der Waals surface area contributed by atoms with Gasteiger partial charge in [0.05, 0.1) is 0 Å². The van der Waals surface area contributed by atoms with Crippen LogP contribution in [0.3, 0.4) is 0 Å². The molecule has 1 unspecified atom stereocenters. The molecule has 1 N–H and O–H groups in total. The van der Waals surface area contributed by atoms with Crippen LogP contribution in [0, 0.1) is 0 Å². The SMILES string of the molecule is CC1=CCC=C=C(C(C)O)N=C1. The van der Waals surface area contributed by atoms with Gasteiger partial charge in [0.1, 0.15) is 11.8 Å². The second-order valence-electron chi connectivity index (χ2n) is 2.85. The van der Waals surface area contributed by atoms with E-state index < -0.39 is 6.10 Å². The van der Waals surface area contributed by atoms with Gasteiger partial charge in [0.15, 0.2) is 0 Å². The van der Waals surface area contributed by atoms with Crippen molar-refractivity contribution in [2.45, 2.75) is 26.4 Å². The molecule has 1 aliphatic rings. The number of hydrogen-bond donors (Lipinski definition) is 1. The summed E-state index contributed by atoms with van der Waals surface area (Å²) in [7, 11) is 0. The molecular weight excluding hydrogens is 150 g/mol. The lowest BCUT2D eigenvalue weighted by atomic mass is 10.2. The molecule has 0 fully saturated rings. The lowest BCUT2D eigenvalue weighted by Crippen LogP contribution is -2.02. The molecule has 0 aromatic carbocycles. The van der Waals surface area contributed by atoms with Gasteiger partial charge in [-0.15, -0.1) is 0 Å². The topological polar surface area (TPSA) is 32.6 Å². The van der Waals surface area contributed by atoms with Crippen molar-refractivity contribution in [3.8, 4) is 0 Å². The number of rotatable bonds is 1. The first-order valence-corrected chi connectivity index (χ1v) is 4.04. The van der Waals surface area contributed by atoms with E-state index in [0.717, 1.165) is 12.0 Å². The molecule has 1 aliphatic heterocycles. The zero-order chi connectivity index (χ0) is 8.97. The van der Waals surface area contributed by atoms with Crippen molar-refractivity contribution < 1.29 is 5.11 Å². The Hall–Kier alpha value is -1.11. The van der Waals surface area contributed by atoms with Crippen molar-refractivity contribution in [3.63, 3.8) is 0 Å². The zero-order valence-corrected chi connectivity index (χ0v) is 7.41. The Morgan fingerprint density at radius 1 is 1.67 bits per heavy atom. The van der Waals surface area contributed by atoms with E-state index >= 15 is 0 Å². The van der Waals surface area contributed by atoms with Crippen LogP contribution in [-0.4, -0.2) is 17.4 Å². The van der Waals surface area contributed by atoms with Gasteiger partial charge < -0.3 is 5.11 Å². The summed E-state index contributed by atoms with van der Waals surface area (Å²) >= 11 is 0. The number of hydrogen-bond acceptors (Lipinski definition) is 2. The summed E-state index contributed by atoms with van der Waals surface area (Å²) in [4.78, 5) is 4.09. The van der Waals surface area contributed by atoms with Crippen molar-refractivity contribution in [1.29, 1.82) is 0 Å². The minimum Gasteiger partial charge on any atom is -0.386 e. The Morgan fingerprint density at radius 2 is 2.42 bits per heavy atom. The summed E-state index contributed by atoms with van der Waals surface area (Å²) in [5.74, 6) is 0. The summed E-state index contributed by atoms with van der Waals surface area (Å²) in [5, 5.41) is 9.23. The number of allylic oxidation sites excluding steroid dienone is 2. The largest absolute Gasteiger partial charge is 0.386 e. The fraction of sp³-hybridized carbons (Fsp3) is 0.400. The Bertz CT molecular complexity index is 278. The van der Waals surface area contributed by atoms with E-state index in [0.29, 0.717) is 5.70 Å². The smallest absolute Gasteiger partial charge is 0.110 e. The number of aliphatic hydroxyl groups is 1. The summed E-state index contributed by atoms with van der Waals surface area (Å²) in [6.07, 6.45) is 6.01. The third kappa shape index (κ3) is 2.50. The van der Waals surface area contributed by atoms with Crippen LogP contribution in [0.5, 0.6) is 0 Å². The molecule has 2 heteroatoms. The number of aliphatic hydroxyl groups excluding tert-OH is 1. The summed E-state index contributed by atoms with van der Waals surface area (Å²) in [6, 6.07) is 0. The summed E-state index contributed by atoms with van der Waals surface area (Å²) in [5.41, 5.74) is 4.66. The van der Waals surface area contributed by atoms with Crippen LogP contribution in [0.25, 0.3) is 0 Å². The molecule has 1 atom stereocenters. The maximum absolute atomic E-state index is 9.23. The summed E-state index contributed by atoms with van der Waals surface area (Å²) in [6.45, 7) is 3.68. The molecule has 0 radical (unpaired) electrons. The quantitative estimate of drug-likeness (QED) is 0.588. The molecule has 0 saturated carbocycles. The highest BCUT2D eigenvalue weighted by molar-refractivity contribution is 5.78. The molecule has 1 heterocycles. The molecule has 1 rings (SSSR count). The summed E-state index contributed by atoms with van der Waals surface area (Å²) < 4.78 is 0. The number of nitrogens with zero attached hydrogens (tertiary/aromatic N) is 1. The Kier molecular flexibility index (Phi) is 3.03. The van der Waals surface area contributed by atoms with Gasteiger partial charge in [-0.05, 0) is 31.9 Å². The predicted molar refractivity (Wildman–Crippen MR) is 50.1 cm³/mol. The highest BCUT2D eigenvalue weighted by Gasteiger charge is 2.00. The molecule has 0 aromatic rings. The van der Waals surface area contributed by atoms with E-state index in [1.807, 2.05) is 13.0 Å². The molecule has 0 amide bonds. The third-order valence-corrected chi connectivity index (χ3v) is 1.61. The van der Waals surface area contributed by atoms with Crippen molar-refractivity contribution >= 4 is 6.21 Å². The van der Waals surface area contributed by atoms with E-state index in [4.69, 9.17) is 0 Å². The molecule has 0 saturated heterocycles. The van der Waals surface area contributed by atoms with Gasteiger partial charge >= 0.3 is 0 Å². The van der Waals surface area contributed by atoms with Crippen LogP contribution in [0.15, 0.2) is 34.1 Å². The fourth-order valence-corrected chi connectivity index (χ4v) is 0.898. The van der Waals surface area contributed by atoms with E-state index in [2.05, 4.69) is 16.8 Å². The maximum atomic E-state index is 9.23. The van der Waals surface area contributed by atoms with Crippen molar-refractivity contribution in [2.24, 2.45) is 4.99 Å². The minimum absolute atomic E-state index is 0.539. The minimum atomic E-state index is -0.539. The van der Waals surface area contributed by atoms with Gasteiger partial charge in [0, 0.05) is 6.21 Å². The van der Waals surface area contributed by atoms with Crippen LogP contribution >= 0.6 is 0 Å². The van der Waals surface area contributed by atoms with Gasteiger partial charge in [-0.3, -0.25) is 0 Å². The van der Waals surface area contributed by atoms with Gasteiger partial charge in [-0.1, -0.05) is 11.8 Å². The van der Waals surface area contributed by atoms with Crippen LogP contribution in [0.1, 0.15) is 20.3 Å². The monoisotopic (exact) mass is 163 g/mol. The normalized spacial score (nSPS) is 19.2. The van der Waals surface area contributed by atoms with E-state index in [1.165, 1.54) is 0 Å². The molecule has 0 bridgehead atoms. The second-order valence-corrected chi connectivity index (χ2v) is 2.85. The fourth-order valence-electron chi connectivity index (χ4n) is 0.898. The zero-order valence-electron chi connectivity index (χ0n) is 7.41. The van der Waals surface area contributed by atoms with Crippen LogP contribution in [0.2, 0.25) is 0 Å². The van der Waals surface area contributed by atoms with Crippen molar-refractivity contribution in [2.75, 3.05) is 0 Å². The first kappa shape index (κ1) is 8.98. The average Bonchev–Trinajstić information content (AvgIpc) is 1.97. The third-order valence-electron chi connectivity index (χ3n) is 1.61. The Morgan fingerprint density at radius 3 is 3.08 bits per heavy atom. The van der Waals surface area contributed by atoms with Crippen LogP contribution in [-0.2, 0) is 0 Å². The Labute approximate surface area is 72.6 Å². The lowest BCUT2D eigenvalue weighted by molar-refractivity contribution is 0.230. The lowest BCUT2D eigenvalue weighted by Gasteiger charge is -2.02. The van der Waals surface area contributed by atoms with Crippen LogP contribution in [0.4, 0.5) is 0 Å². The van der Waals surface area contributed by atoms with Gasteiger partial charge in [0.25, 0.3) is 0 Å². The first-order valence-electron chi connectivity index (χ1n) is 4.04. The molecule has 0 aromatic heterocycles. The van der Waals surface area contributed by atoms with Crippen LogP contribution < -0.4 is 0 Å². The molecule has 2 nitrogen and oxygen atoms in total. The highest BCUT2D eigenvalue weighted by Crippen LogP contribution is 2.05. The van der Waals surface area contributed by atoms with E-state index in [1.54, 1.807) is 13.1 Å². The molecule has 12 heavy (non-hydrogen) atoms. The molecule has 64 valence electrons. The second kappa shape index (κ2) is 4.05. The van der Waals surface area contributed by atoms with Crippen molar-refractivity contribution in [1.82, 2.24) is 0 Å². The van der Waals surface area contributed by atoms with Gasteiger partial charge in [0.2, 0.25) is 0 Å². The maximum Gasteiger partial charge on any atom is 0.110 e. The van der Waals surface area contributed by atoms with Gasteiger partial charge in [-0.2, -0.15) is 0 Å². The van der Waals surface area contributed by atoms with Gasteiger partial charge in [-0.25, -0.2) is 4.99 Å². The van der Waals surface area contributed by atoms with Crippen molar-refractivity contribution in [3.05, 3.63) is 29.2 Å². The predicted octanol–water partition coefficient (Wildman–Crippen LogP) is 1.83. The molecular formula is C10H13NO. The van der Waals surface area contributed by atoms with E-state index in [-0.39, 0.29) is 0 Å². The molecule has 0 spiro atoms. The first-order chi connectivity index (χ1) is 5.70. The van der Waals surface area contributed by atoms with E-state index in [9.17, 15) is 5.11 Å². The number of aliphatic imine (C=N–C) groups is 1. The molecule has 0 aliphatic carbocycles. The highest BCUT2D eigenvalue weighted by atomic mass is 16.3.